The van der Waals surface area contributed by atoms with Crippen LogP contribution in [0.3, 0.4) is 0 Å². The molecule has 0 aromatic heterocycles. The van der Waals surface area contributed by atoms with Gasteiger partial charge < -0.3 is 4.74 Å². The van der Waals surface area contributed by atoms with Gasteiger partial charge in [0.1, 0.15) is 17.7 Å². The highest BCUT2D eigenvalue weighted by molar-refractivity contribution is 6.01. The van der Waals surface area contributed by atoms with Crippen molar-refractivity contribution in [2.75, 3.05) is 6.61 Å². The van der Waals surface area contributed by atoms with Gasteiger partial charge in [-0.25, -0.2) is 4.79 Å². The Morgan fingerprint density at radius 3 is 2.60 bits per heavy atom. The second kappa shape index (κ2) is 7.03. The Bertz CT molecular complexity index is 1040. The van der Waals surface area contributed by atoms with Gasteiger partial charge >= 0.3 is 5.97 Å². The van der Waals surface area contributed by atoms with Crippen molar-refractivity contribution < 1.29 is 9.53 Å². The zero-order valence-corrected chi connectivity index (χ0v) is 13.9. The van der Waals surface area contributed by atoms with E-state index in [1.807, 2.05) is 49.4 Å². The molecular weight excluding hydrogens is 312 g/mol. The van der Waals surface area contributed by atoms with E-state index in [-0.39, 0.29) is 11.5 Å². The smallest absolute Gasteiger partial charge is 0.338 e. The number of nitrogens with zero attached hydrogens (tertiary/aromatic N) is 2. The molecule has 1 aliphatic carbocycles. The van der Waals surface area contributed by atoms with Gasteiger partial charge in [0.2, 0.25) is 0 Å². The van der Waals surface area contributed by atoms with Crippen LogP contribution in [-0.4, -0.2) is 12.6 Å². The summed E-state index contributed by atoms with van der Waals surface area (Å²) in [7, 11) is 0. The van der Waals surface area contributed by atoms with E-state index in [0.29, 0.717) is 17.4 Å². The average Bonchev–Trinajstić information content (AvgIpc) is 3.02. The predicted molar refractivity (Wildman–Crippen MR) is 94.5 cm³/mol. The van der Waals surface area contributed by atoms with Crippen molar-refractivity contribution in [3.63, 3.8) is 0 Å². The van der Waals surface area contributed by atoms with Crippen LogP contribution in [0.5, 0.6) is 0 Å². The van der Waals surface area contributed by atoms with Crippen LogP contribution in [0.1, 0.15) is 35.7 Å². The average molecular weight is 328 g/mol. The number of benzene rings is 2. The van der Waals surface area contributed by atoms with Crippen LogP contribution in [0, 0.1) is 22.7 Å². The molecule has 122 valence electrons. The molecule has 0 saturated heterocycles. The number of fused-ring (bicyclic) bond motifs is 3. The van der Waals surface area contributed by atoms with Crippen molar-refractivity contribution in [2.45, 2.75) is 19.8 Å². The van der Waals surface area contributed by atoms with Crippen molar-refractivity contribution in [2.24, 2.45) is 0 Å². The van der Waals surface area contributed by atoms with Gasteiger partial charge in [-0.3, -0.25) is 0 Å². The van der Waals surface area contributed by atoms with Crippen LogP contribution in [0.15, 0.2) is 36.4 Å². The maximum Gasteiger partial charge on any atom is 0.338 e. The molecule has 0 saturated carbocycles. The SMILES string of the molecule is CCCCOC(=O)c1ccc(=C(C#N)C#N)c2c1-c1ccccc1C=2. The van der Waals surface area contributed by atoms with Gasteiger partial charge in [0.25, 0.3) is 0 Å². The highest BCUT2D eigenvalue weighted by Gasteiger charge is 2.21. The third-order valence-corrected chi connectivity index (χ3v) is 4.22. The standard InChI is InChI=1S/C21H16N2O2/c1-2-3-10-25-21(24)18-9-8-16(15(12-22)13-23)19-11-14-6-4-5-7-17(14)20(18)19/h4-9,11H,2-3,10H2,1H3. The molecule has 0 N–H and O–H groups in total. The van der Waals surface area contributed by atoms with Gasteiger partial charge in [0, 0.05) is 10.8 Å². The van der Waals surface area contributed by atoms with Crippen molar-refractivity contribution in [1.82, 2.24) is 0 Å². The molecular formula is C21H16N2O2. The minimum Gasteiger partial charge on any atom is -0.462 e. The van der Waals surface area contributed by atoms with Crippen LogP contribution in [0.4, 0.5) is 0 Å². The minimum absolute atomic E-state index is 0.0335. The topological polar surface area (TPSA) is 73.9 Å². The van der Waals surface area contributed by atoms with E-state index in [9.17, 15) is 15.3 Å². The lowest BCUT2D eigenvalue weighted by atomic mass is 9.97. The van der Waals surface area contributed by atoms with E-state index in [2.05, 4.69) is 0 Å². The van der Waals surface area contributed by atoms with E-state index >= 15 is 0 Å². The first-order valence-corrected chi connectivity index (χ1v) is 8.17. The fourth-order valence-electron chi connectivity index (χ4n) is 2.99. The van der Waals surface area contributed by atoms with E-state index in [0.717, 1.165) is 34.8 Å². The molecule has 0 spiro atoms. The second-order valence-electron chi connectivity index (χ2n) is 5.77. The van der Waals surface area contributed by atoms with Crippen LogP contribution in [-0.2, 0) is 4.74 Å². The first-order valence-electron chi connectivity index (χ1n) is 8.17. The zero-order chi connectivity index (χ0) is 17.8. The fourth-order valence-corrected chi connectivity index (χ4v) is 2.99. The Hall–Kier alpha value is -3.37. The second-order valence-corrected chi connectivity index (χ2v) is 5.77. The minimum atomic E-state index is -0.378. The summed E-state index contributed by atoms with van der Waals surface area (Å²) in [6.45, 7) is 2.41. The van der Waals surface area contributed by atoms with Crippen molar-refractivity contribution >= 4 is 17.6 Å². The lowest BCUT2D eigenvalue weighted by Crippen LogP contribution is -2.29. The molecule has 25 heavy (non-hydrogen) atoms. The molecule has 0 amide bonds. The lowest BCUT2D eigenvalue weighted by Gasteiger charge is -2.09. The number of rotatable bonds is 4. The van der Waals surface area contributed by atoms with E-state index in [1.165, 1.54) is 0 Å². The summed E-state index contributed by atoms with van der Waals surface area (Å²) in [4.78, 5) is 12.5. The zero-order valence-electron chi connectivity index (χ0n) is 13.9. The Balaban J connectivity index is 2.25. The van der Waals surface area contributed by atoms with Crippen molar-refractivity contribution in [1.29, 1.82) is 10.5 Å². The number of esters is 1. The Kier molecular flexibility index (Phi) is 4.64. The molecule has 0 fully saturated rings. The number of carbonyl (C=O) groups is 1. The highest BCUT2D eigenvalue weighted by atomic mass is 16.5. The number of hydrogen-bond donors (Lipinski definition) is 0. The molecule has 0 heterocycles. The number of hydrogen-bond acceptors (Lipinski definition) is 4. The van der Waals surface area contributed by atoms with Gasteiger partial charge in [-0.05, 0) is 34.9 Å². The van der Waals surface area contributed by atoms with E-state index in [4.69, 9.17) is 4.74 Å². The summed E-state index contributed by atoms with van der Waals surface area (Å²) in [5.74, 6) is -0.378. The van der Waals surface area contributed by atoms with E-state index in [1.54, 1.807) is 12.1 Å². The van der Waals surface area contributed by atoms with Crippen LogP contribution in [0.25, 0.3) is 22.8 Å². The molecule has 2 aromatic carbocycles. The van der Waals surface area contributed by atoms with Gasteiger partial charge in [0.05, 0.1) is 12.2 Å². The summed E-state index contributed by atoms with van der Waals surface area (Å²) >= 11 is 0. The monoisotopic (exact) mass is 328 g/mol. The normalized spacial score (nSPS) is 10.7. The van der Waals surface area contributed by atoms with Gasteiger partial charge in [-0.15, -0.1) is 0 Å². The van der Waals surface area contributed by atoms with Crippen molar-refractivity contribution in [3.8, 4) is 23.3 Å². The maximum absolute atomic E-state index is 12.5. The molecule has 3 rings (SSSR count). The first-order chi connectivity index (χ1) is 12.2. The lowest BCUT2D eigenvalue weighted by molar-refractivity contribution is 0.0500. The molecule has 0 aliphatic heterocycles. The summed E-state index contributed by atoms with van der Waals surface area (Å²) < 4.78 is 5.37. The van der Waals surface area contributed by atoms with Crippen LogP contribution < -0.4 is 10.4 Å². The Morgan fingerprint density at radius 1 is 1.12 bits per heavy atom. The summed E-state index contributed by atoms with van der Waals surface area (Å²) in [6, 6.07) is 14.9. The van der Waals surface area contributed by atoms with Gasteiger partial charge in [0.15, 0.2) is 0 Å². The predicted octanol–water partition coefficient (Wildman–Crippen LogP) is 2.65. The Morgan fingerprint density at radius 2 is 1.88 bits per heavy atom. The number of carbonyl (C=O) groups excluding carboxylic acids is 1. The number of ether oxygens (including phenoxy) is 1. The molecule has 0 radical (unpaired) electrons. The van der Waals surface area contributed by atoms with Crippen LogP contribution in [0.2, 0.25) is 0 Å². The first kappa shape index (κ1) is 16.5. The third kappa shape index (κ3) is 2.91. The van der Waals surface area contributed by atoms with Crippen LogP contribution >= 0.6 is 0 Å². The molecule has 2 aromatic rings. The van der Waals surface area contributed by atoms with Crippen molar-refractivity contribution in [3.05, 3.63) is 58.0 Å². The number of nitriles is 2. The molecule has 4 nitrogen and oxygen atoms in total. The fraction of sp³-hybridized carbons (Fsp3) is 0.190. The quantitative estimate of drug-likeness (QED) is 0.545. The molecule has 1 aliphatic rings. The van der Waals surface area contributed by atoms with E-state index < -0.39 is 0 Å². The molecule has 0 bridgehead atoms. The Labute approximate surface area is 145 Å². The molecule has 0 unspecified atom stereocenters. The van der Waals surface area contributed by atoms with Gasteiger partial charge in [-0.2, -0.15) is 10.5 Å². The number of unbranched alkanes of at least 4 members (excludes halogenated alkanes) is 1. The largest absolute Gasteiger partial charge is 0.462 e. The highest BCUT2D eigenvalue weighted by Crippen LogP contribution is 2.28. The molecule has 0 atom stereocenters. The maximum atomic E-state index is 12.5. The molecule has 4 heteroatoms. The summed E-state index contributed by atoms with van der Waals surface area (Å²) in [6.07, 6.45) is 3.68. The summed E-state index contributed by atoms with van der Waals surface area (Å²) in [5.41, 5.74) is 3.11. The third-order valence-electron chi connectivity index (χ3n) is 4.22. The van der Waals surface area contributed by atoms with Gasteiger partial charge in [-0.1, -0.05) is 43.7 Å². The summed E-state index contributed by atoms with van der Waals surface area (Å²) in [5, 5.41) is 19.7.